The molecule has 1 atom stereocenters. The van der Waals surface area contributed by atoms with Gasteiger partial charge in [-0.05, 0) is 42.3 Å². The zero-order valence-electron chi connectivity index (χ0n) is 18.2. The molecule has 1 saturated heterocycles. The van der Waals surface area contributed by atoms with E-state index in [2.05, 4.69) is 10.2 Å². The van der Waals surface area contributed by atoms with Crippen LogP contribution in [0.4, 0.5) is 5.69 Å². The Morgan fingerprint density at radius 1 is 1.06 bits per heavy atom. The maximum absolute atomic E-state index is 12.6. The molecule has 2 aromatic carbocycles. The number of piperazine rings is 1. The molecule has 2 amide bonds. The smallest absolute Gasteiger partial charge is 0.227 e. The minimum atomic E-state index is -0.621. The Bertz CT molecular complexity index is 877. The van der Waals surface area contributed by atoms with Gasteiger partial charge in [0.15, 0.2) is 0 Å². The highest BCUT2D eigenvalue weighted by Crippen LogP contribution is 2.16. The molecule has 3 rings (SSSR count). The third-order valence-corrected chi connectivity index (χ3v) is 5.41. The Morgan fingerprint density at radius 2 is 1.74 bits per heavy atom. The molecule has 1 unspecified atom stereocenters. The van der Waals surface area contributed by atoms with Crippen molar-refractivity contribution < 1.29 is 19.4 Å². The van der Waals surface area contributed by atoms with Gasteiger partial charge in [0.2, 0.25) is 11.8 Å². The number of aryl methyl sites for hydroxylation is 1. The first-order valence-electron chi connectivity index (χ1n) is 10.6. The van der Waals surface area contributed by atoms with Gasteiger partial charge in [0.25, 0.3) is 0 Å². The van der Waals surface area contributed by atoms with Crippen molar-refractivity contribution in [2.45, 2.75) is 26.4 Å². The molecule has 166 valence electrons. The molecule has 7 heteroatoms. The van der Waals surface area contributed by atoms with Crippen molar-refractivity contribution in [3.8, 4) is 5.75 Å². The van der Waals surface area contributed by atoms with Crippen LogP contribution in [0.25, 0.3) is 0 Å². The minimum Gasteiger partial charge on any atom is -0.491 e. The lowest BCUT2D eigenvalue weighted by Gasteiger charge is -2.35. The Kier molecular flexibility index (Phi) is 8.03. The first kappa shape index (κ1) is 22.8. The summed E-state index contributed by atoms with van der Waals surface area (Å²) in [5.74, 6) is 0.668. The van der Waals surface area contributed by atoms with Gasteiger partial charge in [-0.3, -0.25) is 14.5 Å². The molecule has 2 N–H and O–H groups in total. The lowest BCUT2D eigenvalue weighted by molar-refractivity contribution is -0.132. The second-order valence-electron chi connectivity index (χ2n) is 7.96. The number of β-amino-alcohol motifs (C(OH)–C–C–N with tert-alkyl or cyclic N) is 1. The van der Waals surface area contributed by atoms with E-state index in [-0.39, 0.29) is 18.4 Å². The Morgan fingerprint density at radius 3 is 2.39 bits per heavy atom. The fourth-order valence-corrected chi connectivity index (χ4v) is 3.64. The third-order valence-electron chi connectivity index (χ3n) is 5.41. The molecule has 31 heavy (non-hydrogen) atoms. The molecule has 0 aliphatic carbocycles. The van der Waals surface area contributed by atoms with E-state index in [0.29, 0.717) is 37.5 Å². The van der Waals surface area contributed by atoms with E-state index in [9.17, 15) is 14.7 Å². The van der Waals surface area contributed by atoms with Crippen LogP contribution in [0.5, 0.6) is 5.75 Å². The first-order valence-corrected chi connectivity index (χ1v) is 10.6. The van der Waals surface area contributed by atoms with E-state index in [1.165, 1.54) is 6.92 Å². The molecular formula is C24H31N3O4. The fraction of sp³-hybridized carbons (Fsp3) is 0.417. The van der Waals surface area contributed by atoms with Crippen molar-refractivity contribution in [2.75, 3.05) is 44.6 Å². The van der Waals surface area contributed by atoms with E-state index >= 15 is 0 Å². The molecule has 1 heterocycles. The summed E-state index contributed by atoms with van der Waals surface area (Å²) in [6.07, 6.45) is -0.187. The predicted octanol–water partition coefficient (Wildman–Crippen LogP) is 2.08. The predicted molar refractivity (Wildman–Crippen MR) is 120 cm³/mol. The average Bonchev–Trinajstić information content (AvgIpc) is 2.75. The monoisotopic (exact) mass is 425 g/mol. The number of aliphatic hydroxyl groups is 1. The number of nitrogens with one attached hydrogen (secondary N) is 1. The topological polar surface area (TPSA) is 82.1 Å². The molecule has 2 aromatic rings. The number of ether oxygens (including phenoxy) is 1. The molecule has 1 aliphatic heterocycles. The van der Waals surface area contributed by atoms with Crippen molar-refractivity contribution in [2.24, 2.45) is 0 Å². The van der Waals surface area contributed by atoms with Gasteiger partial charge in [-0.2, -0.15) is 0 Å². The largest absolute Gasteiger partial charge is 0.491 e. The normalized spacial score (nSPS) is 15.4. The molecule has 7 nitrogen and oxygen atoms in total. The van der Waals surface area contributed by atoms with Gasteiger partial charge in [0, 0.05) is 45.3 Å². The molecule has 0 spiro atoms. The Balaban J connectivity index is 1.37. The highest BCUT2D eigenvalue weighted by atomic mass is 16.5. The van der Waals surface area contributed by atoms with Crippen molar-refractivity contribution in [1.82, 2.24) is 9.80 Å². The zero-order chi connectivity index (χ0) is 22.2. The second-order valence-corrected chi connectivity index (χ2v) is 7.96. The number of hydrogen-bond acceptors (Lipinski definition) is 5. The third kappa shape index (κ3) is 7.08. The Hall–Kier alpha value is -2.90. The standard InChI is InChI=1S/C24H31N3O4/c1-18-5-3-4-6-20(18)15-24(30)27-13-11-26(12-14-27)16-22(29)17-31-23-9-7-21(8-10-23)25-19(2)28/h3-10,22,29H,11-17H2,1-2H3,(H,25,28). The van der Waals surface area contributed by atoms with Crippen LogP contribution in [-0.2, 0) is 16.0 Å². The summed E-state index contributed by atoms with van der Waals surface area (Å²) in [5.41, 5.74) is 2.92. The van der Waals surface area contributed by atoms with Crippen LogP contribution in [0.15, 0.2) is 48.5 Å². The van der Waals surface area contributed by atoms with E-state index in [1.54, 1.807) is 24.3 Å². The number of carbonyl (C=O) groups excluding carboxylic acids is 2. The number of rotatable bonds is 8. The van der Waals surface area contributed by atoms with Gasteiger partial charge in [0.1, 0.15) is 18.5 Å². The molecular weight excluding hydrogens is 394 g/mol. The quantitative estimate of drug-likeness (QED) is 0.677. The van der Waals surface area contributed by atoms with Crippen LogP contribution in [0, 0.1) is 6.92 Å². The van der Waals surface area contributed by atoms with E-state index < -0.39 is 6.10 Å². The SMILES string of the molecule is CC(=O)Nc1ccc(OCC(O)CN2CCN(C(=O)Cc3ccccc3C)CC2)cc1. The minimum absolute atomic E-state index is 0.124. The van der Waals surface area contributed by atoms with Crippen LogP contribution in [0.1, 0.15) is 18.1 Å². The highest BCUT2D eigenvalue weighted by Gasteiger charge is 2.23. The molecule has 0 bridgehead atoms. The van der Waals surface area contributed by atoms with Crippen LogP contribution >= 0.6 is 0 Å². The van der Waals surface area contributed by atoms with E-state index in [0.717, 1.165) is 24.2 Å². The summed E-state index contributed by atoms with van der Waals surface area (Å²) in [6.45, 7) is 6.99. The van der Waals surface area contributed by atoms with Gasteiger partial charge in [-0.25, -0.2) is 0 Å². The number of anilines is 1. The van der Waals surface area contributed by atoms with Gasteiger partial charge < -0.3 is 20.1 Å². The number of benzene rings is 2. The summed E-state index contributed by atoms with van der Waals surface area (Å²) >= 11 is 0. The van der Waals surface area contributed by atoms with Crippen LogP contribution in [-0.4, -0.2) is 72.2 Å². The first-order chi connectivity index (χ1) is 14.9. The van der Waals surface area contributed by atoms with Crippen molar-refractivity contribution in [3.63, 3.8) is 0 Å². The number of carbonyl (C=O) groups is 2. The fourth-order valence-electron chi connectivity index (χ4n) is 3.64. The molecule has 0 aromatic heterocycles. The number of nitrogens with zero attached hydrogens (tertiary/aromatic N) is 2. The second kappa shape index (κ2) is 10.9. The van der Waals surface area contributed by atoms with E-state index in [4.69, 9.17) is 4.74 Å². The van der Waals surface area contributed by atoms with Crippen molar-refractivity contribution in [1.29, 1.82) is 0 Å². The summed E-state index contributed by atoms with van der Waals surface area (Å²) in [6, 6.07) is 15.0. The summed E-state index contributed by atoms with van der Waals surface area (Å²) in [4.78, 5) is 27.7. The lowest BCUT2D eigenvalue weighted by Crippen LogP contribution is -2.51. The van der Waals surface area contributed by atoms with Gasteiger partial charge >= 0.3 is 0 Å². The molecule has 0 radical (unpaired) electrons. The summed E-state index contributed by atoms with van der Waals surface area (Å²) in [5, 5.41) is 13.0. The zero-order valence-corrected chi connectivity index (χ0v) is 18.2. The van der Waals surface area contributed by atoms with Gasteiger partial charge in [-0.15, -0.1) is 0 Å². The number of hydrogen-bond donors (Lipinski definition) is 2. The van der Waals surface area contributed by atoms with Crippen LogP contribution in [0.3, 0.4) is 0 Å². The number of amides is 2. The summed E-state index contributed by atoms with van der Waals surface area (Å²) in [7, 11) is 0. The van der Waals surface area contributed by atoms with Crippen molar-refractivity contribution in [3.05, 3.63) is 59.7 Å². The summed E-state index contributed by atoms with van der Waals surface area (Å²) < 4.78 is 5.65. The molecule has 1 fully saturated rings. The highest BCUT2D eigenvalue weighted by molar-refractivity contribution is 5.88. The molecule has 0 saturated carbocycles. The van der Waals surface area contributed by atoms with Crippen LogP contribution in [0.2, 0.25) is 0 Å². The number of aliphatic hydroxyl groups excluding tert-OH is 1. The van der Waals surface area contributed by atoms with Gasteiger partial charge in [-0.1, -0.05) is 24.3 Å². The van der Waals surface area contributed by atoms with Gasteiger partial charge in [0.05, 0.1) is 6.42 Å². The van der Waals surface area contributed by atoms with Crippen LogP contribution < -0.4 is 10.1 Å². The molecule has 1 aliphatic rings. The lowest BCUT2D eigenvalue weighted by atomic mass is 10.1. The Labute approximate surface area is 183 Å². The maximum atomic E-state index is 12.6. The maximum Gasteiger partial charge on any atom is 0.227 e. The average molecular weight is 426 g/mol. The van der Waals surface area contributed by atoms with Crippen molar-refractivity contribution >= 4 is 17.5 Å². The van der Waals surface area contributed by atoms with E-state index in [1.807, 2.05) is 36.1 Å².